The molecular weight excluding hydrogens is 303 g/mol. The third-order valence-electron chi connectivity index (χ3n) is 3.79. The van der Waals surface area contributed by atoms with Gasteiger partial charge in [-0.1, -0.05) is 25.4 Å². The quantitative estimate of drug-likeness (QED) is 0.909. The number of rotatable bonds is 2. The summed E-state index contributed by atoms with van der Waals surface area (Å²) in [5.74, 6) is -0.560. The Balaban J connectivity index is 2.36. The maximum Gasteiger partial charge on any atom is 0.244 e. The molecule has 0 aliphatic carbocycles. The maximum absolute atomic E-state index is 13.0. The van der Waals surface area contributed by atoms with Crippen LogP contribution in [0.15, 0.2) is 23.1 Å². The maximum atomic E-state index is 13.0. The Labute approximate surface area is 123 Å². The van der Waals surface area contributed by atoms with E-state index in [4.69, 9.17) is 17.3 Å². The Morgan fingerprint density at radius 3 is 2.65 bits per heavy atom. The number of piperidine rings is 1. The normalized spacial score (nSPS) is 23.8. The van der Waals surface area contributed by atoms with Crippen LogP contribution in [0.25, 0.3) is 0 Å². The second-order valence-corrected chi connectivity index (χ2v) is 8.11. The number of nitrogens with two attached hydrogens (primary N) is 1. The Morgan fingerprint density at radius 2 is 2.10 bits per heavy atom. The molecule has 1 heterocycles. The summed E-state index contributed by atoms with van der Waals surface area (Å²) in [6, 6.07) is 3.27. The third kappa shape index (κ3) is 2.83. The molecule has 0 saturated carbocycles. The summed E-state index contributed by atoms with van der Waals surface area (Å²) in [5.41, 5.74) is 5.70. The predicted molar refractivity (Wildman–Crippen MR) is 76.5 cm³/mol. The van der Waals surface area contributed by atoms with Crippen LogP contribution >= 0.6 is 11.6 Å². The molecule has 112 valence electrons. The van der Waals surface area contributed by atoms with Crippen molar-refractivity contribution >= 4 is 21.6 Å². The SMILES string of the molecule is CC1(C)CN(S(=O)(=O)c2ccc(F)cc2Cl)CCC1N. The zero-order valence-corrected chi connectivity index (χ0v) is 13.0. The summed E-state index contributed by atoms with van der Waals surface area (Å²) < 4.78 is 39.6. The molecule has 1 aliphatic heterocycles. The fourth-order valence-corrected chi connectivity index (χ4v) is 4.49. The van der Waals surface area contributed by atoms with Crippen LogP contribution in [0.2, 0.25) is 5.02 Å². The van der Waals surface area contributed by atoms with Gasteiger partial charge < -0.3 is 5.73 Å². The standard InChI is InChI=1S/C13H18ClFN2O2S/c1-13(2)8-17(6-5-12(13)16)20(18,19)11-4-3-9(15)7-10(11)14/h3-4,7,12H,5-6,8,16H2,1-2H3. The van der Waals surface area contributed by atoms with Gasteiger partial charge >= 0.3 is 0 Å². The molecule has 1 saturated heterocycles. The molecule has 1 aliphatic rings. The van der Waals surface area contributed by atoms with Crippen LogP contribution in [0.1, 0.15) is 20.3 Å². The van der Waals surface area contributed by atoms with E-state index < -0.39 is 15.8 Å². The Kier molecular flexibility index (Phi) is 4.12. The topological polar surface area (TPSA) is 63.4 Å². The fourth-order valence-electron chi connectivity index (χ4n) is 2.35. The first kappa shape index (κ1) is 15.7. The average Bonchev–Trinajstić information content (AvgIpc) is 2.31. The minimum atomic E-state index is -3.72. The highest BCUT2D eigenvalue weighted by molar-refractivity contribution is 7.89. The number of sulfonamides is 1. The molecule has 1 atom stereocenters. The summed E-state index contributed by atoms with van der Waals surface area (Å²) in [6.45, 7) is 4.54. The lowest BCUT2D eigenvalue weighted by atomic mass is 9.81. The zero-order valence-electron chi connectivity index (χ0n) is 11.4. The highest BCUT2D eigenvalue weighted by Gasteiger charge is 2.39. The van der Waals surface area contributed by atoms with Crippen LogP contribution in [-0.4, -0.2) is 31.9 Å². The second-order valence-electron chi connectivity index (χ2n) is 5.80. The van der Waals surface area contributed by atoms with Crippen LogP contribution in [0, 0.1) is 11.2 Å². The summed E-state index contributed by atoms with van der Waals surface area (Å²) in [6.07, 6.45) is 0.588. The van der Waals surface area contributed by atoms with Crippen molar-refractivity contribution in [3.05, 3.63) is 29.0 Å². The smallest absolute Gasteiger partial charge is 0.244 e. The highest BCUT2D eigenvalue weighted by Crippen LogP contribution is 2.33. The lowest BCUT2D eigenvalue weighted by Crippen LogP contribution is -2.53. The Bertz CT molecular complexity index is 619. The van der Waals surface area contributed by atoms with Crippen LogP contribution in [0.3, 0.4) is 0 Å². The van der Waals surface area contributed by atoms with Crippen molar-refractivity contribution in [1.29, 1.82) is 0 Å². The first-order chi connectivity index (χ1) is 9.14. The summed E-state index contributed by atoms with van der Waals surface area (Å²) in [4.78, 5) is -0.0631. The van der Waals surface area contributed by atoms with Crippen molar-refractivity contribution < 1.29 is 12.8 Å². The number of hydrogen-bond donors (Lipinski definition) is 1. The molecule has 0 bridgehead atoms. The molecule has 2 rings (SSSR count). The van der Waals surface area contributed by atoms with Crippen LogP contribution in [-0.2, 0) is 10.0 Å². The van der Waals surface area contributed by atoms with Gasteiger partial charge in [-0.15, -0.1) is 0 Å². The molecule has 20 heavy (non-hydrogen) atoms. The van der Waals surface area contributed by atoms with Crippen molar-refractivity contribution in [3.63, 3.8) is 0 Å². The van der Waals surface area contributed by atoms with Crippen LogP contribution in [0.5, 0.6) is 0 Å². The lowest BCUT2D eigenvalue weighted by Gasteiger charge is -2.41. The minimum Gasteiger partial charge on any atom is -0.327 e. The van der Waals surface area contributed by atoms with E-state index in [2.05, 4.69) is 0 Å². The van der Waals surface area contributed by atoms with Crippen LogP contribution in [0.4, 0.5) is 4.39 Å². The minimum absolute atomic E-state index is 0.0439. The van der Waals surface area contributed by atoms with Gasteiger partial charge in [0, 0.05) is 19.1 Å². The van der Waals surface area contributed by atoms with E-state index in [1.807, 2.05) is 13.8 Å². The van der Waals surface area contributed by atoms with Crippen LogP contribution < -0.4 is 5.73 Å². The molecule has 7 heteroatoms. The summed E-state index contributed by atoms with van der Waals surface area (Å²) >= 11 is 5.86. The second kappa shape index (κ2) is 5.26. The third-order valence-corrected chi connectivity index (χ3v) is 6.12. The van der Waals surface area contributed by atoms with Crippen molar-refractivity contribution in [2.24, 2.45) is 11.1 Å². The molecule has 0 amide bonds. The van der Waals surface area contributed by atoms with Crippen molar-refractivity contribution in [3.8, 4) is 0 Å². The molecule has 0 spiro atoms. The Hall–Kier alpha value is -0.690. The van der Waals surface area contributed by atoms with Crippen molar-refractivity contribution in [1.82, 2.24) is 4.31 Å². The molecule has 2 N–H and O–H groups in total. The number of nitrogens with zero attached hydrogens (tertiary/aromatic N) is 1. The van der Waals surface area contributed by atoms with Gasteiger partial charge in [0.25, 0.3) is 0 Å². The summed E-state index contributed by atoms with van der Waals surface area (Å²) in [5, 5.41) is -0.0994. The first-order valence-corrected chi connectivity index (χ1v) is 8.17. The fraction of sp³-hybridized carbons (Fsp3) is 0.538. The van der Waals surface area contributed by atoms with Gasteiger partial charge in [0.05, 0.1) is 5.02 Å². The van der Waals surface area contributed by atoms with E-state index >= 15 is 0 Å². The zero-order chi connectivity index (χ0) is 15.1. The van der Waals surface area contributed by atoms with Gasteiger partial charge in [-0.2, -0.15) is 4.31 Å². The largest absolute Gasteiger partial charge is 0.327 e. The molecule has 0 aromatic heterocycles. The molecular formula is C13H18ClFN2O2S. The number of hydrogen-bond acceptors (Lipinski definition) is 3. The van der Waals surface area contributed by atoms with E-state index in [-0.39, 0.29) is 21.4 Å². The van der Waals surface area contributed by atoms with E-state index in [9.17, 15) is 12.8 Å². The molecule has 1 fully saturated rings. The van der Waals surface area contributed by atoms with Gasteiger partial charge in [0.2, 0.25) is 10.0 Å². The van der Waals surface area contributed by atoms with E-state index in [0.717, 1.165) is 12.1 Å². The molecule has 4 nitrogen and oxygen atoms in total. The molecule has 1 aromatic carbocycles. The molecule has 1 unspecified atom stereocenters. The first-order valence-electron chi connectivity index (χ1n) is 6.35. The monoisotopic (exact) mass is 320 g/mol. The average molecular weight is 321 g/mol. The molecule has 0 radical (unpaired) electrons. The lowest BCUT2D eigenvalue weighted by molar-refractivity contribution is 0.155. The predicted octanol–water partition coefficient (Wildman–Crippen LogP) is 2.23. The number of benzene rings is 1. The van der Waals surface area contributed by atoms with Gasteiger partial charge in [-0.25, -0.2) is 12.8 Å². The van der Waals surface area contributed by atoms with Crippen molar-refractivity contribution in [2.75, 3.05) is 13.1 Å². The van der Waals surface area contributed by atoms with Gasteiger partial charge in [0.1, 0.15) is 10.7 Å². The van der Waals surface area contributed by atoms with Crippen molar-refractivity contribution in [2.45, 2.75) is 31.2 Å². The Morgan fingerprint density at radius 1 is 1.45 bits per heavy atom. The summed E-state index contributed by atoms with van der Waals surface area (Å²) in [7, 11) is -3.72. The van der Waals surface area contributed by atoms with E-state index in [1.165, 1.54) is 10.4 Å². The van der Waals surface area contributed by atoms with Gasteiger partial charge in [-0.05, 0) is 30.0 Å². The van der Waals surface area contributed by atoms with E-state index in [0.29, 0.717) is 19.5 Å². The van der Waals surface area contributed by atoms with E-state index in [1.54, 1.807) is 0 Å². The number of halogens is 2. The highest BCUT2D eigenvalue weighted by atomic mass is 35.5. The van der Waals surface area contributed by atoms with Gasteiger partial charge in [-0.3, -0.25) is 0 Å². The molecule has 1 aromatic rings. The van der Waals surface area contributed by atoms with Gasteiger partial charge in [0.15, 0.2) is 0 Å².